The van der Waals surface area contributed by atoms with Gasteiger partial charge in [0.25, 0.3) is 0 Å². The van der Waals surface area contributed by atoms with Crippen molar-refractivity contribution in [2.45, 2.75) is 38.9 Å². The van der Waals surface area contributed by atoms with Gasteiger partial charge in [-0.25, -0.2) is 4.98 Å². The van der Waals surface area contributed by atoms with Crippen LogP contribution in [0.25, 0.3) is 33.3 Å². The van der Waals surface area contributed by atoms with Gasteiger partial charge < -0.3 is 13.7 Å². The molecule has 2 heterocycles. The normalized spacial score (nSPS) is 18.2. The van der Waals surface area contributed by atoms with Crippen LogP contribution in [0.1, 0.15) is 27.7 Å². The molecule has 1 aliphatic rings. The Morgan fingerprint density at radius 2 is 1.50 bits per heavy atom. The summed E-state index contributed by atoms with van der Waals surface area (Å²) in [5, 5.41) is 2.07. The molecule has 0 atom stereocenters. The Kier molecular flexibility index (Phi) is 3.70. The molecule has 5 heteroatoms. The van der Waals surface area contributed by atoms with Gasteiger partial charge >= 0.3 is 7.12 Å². The minimum atomic E-state index is -0.454. The van der Waals surface area contributed by atoms with Crippen molar-refractivity contribution in [2.24, 2.45) is 0 Å². The van der Waals surface area contributed by atoms with Crippen LogP contribution in [0.5, 0.6) is 0 Å². The average molecular weight is 371 g/mol. The molecule has 1 saturated heterocycles. The molecule has 140 valence electrons. The first kappa shape index (κ1) is 17.5. The molecule has 0 radical (unpaired) electrons. The minimum Gasteiger partial charge on any atom is -0.435 e. The lowest BCUT2D eigenvalue weighted by Gasteiger charge is -2.32. The van der Waals surface area contributed by atoms with Gasteiger partial charge in [-0.1, -0.05) is 42.5 Å². The van der Waals surface area contributed by atoms with E-state index in [-0.39, 0.29) is 0 Å². The molecule has 0 unspecified atom stereocenters. The molecule has 3 aromatic carbocycles. The van der Waals surface area contributed by atoms with Crippen LogP contribution in [0, 0.1) is 0 Å². The van der Waals surface area contributed by atoms with Crippen LogP contribution >= 0.6 is 0 Å². The van der Waals surface area contributed by atoms with E-state index in [1.54, 1.807) is 0 Å². The van der Waals surface area contributed by atoms with E-state index in [2.05, 4.69) is 45.9 Å². The van der Waals surface area contributed by atoms with Crippen molar-refractivity contribution in [3.63, 3.8) is 0 Å². The third-order valence-electron chi connectivity index (χ3n) is 5.96. The molecule has 4 nitrogen and oxygen atoms in total. The van der Waals surface area contributed by atoms with Crippen molar-refractivity contribution in [3.8, 4) is 11.5 Å². The first-order chi connectivity index (χ1) is 13.4. The van der Waals surface area contributed by atoms with Gasteiger partial charge in [-0.05, 0) is 56.7 Å². The third-order valence-corrected chi connectivity index (χ3v) is 5.96. The third kappa shape index (κ3) is 2.58. The van der Waals surface area contributed by atoms with E-state index < -0.39 is 18.3 Å². The summed E-state index contributed by atoms with van der Waals surface area (Å²) >= 11 is 0. The highest BCUT2D eigenvalue weighted by Gasteiger charge is 2.52. The molecule has 1 aromatic heterocycles. The maximum absolute atomic E-state index is 6.31. The summed E-state index contributed by atoms with van der Waals surface area (Å²) in [4.78, 5) is 4.71. The van der Waals surface area contributed by atoms with Crippen LogP contribution in [-0.4, -0.2) is 23.3 Å². The number of fused-ring (bicyclic) bond motifs is 3. The summed E-state index contributed by atoms with van der Waals surface area (Å²) in [6, 6.07) is 20.2. The van der Waals surface area contributed by atoms with Gasteiger partial charge in [-0.2, -0.15) is 0 Å². The number of benzene rings is 3. The highest BCUT2D eigenvalue weighted by atomic mass is 16.7. The number of hydrogen-bond acceptors (Lipinski definition) is 4. The van der Waals surface area contributed by atoms with Gasteiger partial charge in [0.05, 0.1) is 11.2 Å². The Morgan fingerprint density at radius 3 is 2.21 bits per heavy atom. The summed E-state index contributed by atoms with van der Waals surface area (Å²) in [6.45, 7) is 8.26. The predicted molar refractivity (Wildman–Crippen MR) is 113 cm³/mol. The lowest BCUT2D eigenvalue weighted by atomic mass is 9.76. The molecule has 0 saturated carbocycles. The molecule has 28 heavy (non-hydrogen) atoms. The summed E-state index contributed by atoms with van der Waals surface area (Å²) in [6.07, 6.45) is 0. The van der Waals surface area contributed by atoms with Crippen molar-refractivity contribution in [3.05, 3.63) is 60.7 Å². The Balaban J connectivity index is 1.72. The van der Waals surface area contributed by atoms with E-state index in [0.29, 0.717) is 5.89 Å². The Bertz CT molecular complexity index is 1160. The molecule has 0 N–H and O–H groups in total. The zero-order valence-electron chi connectivity index (χ0n) is 16.5. The van der Waals surface area contributed by atoms with Crippen molar-refractivity contribution in [1.29, 1.82) is 0 Å². The van der Waals surface area contributed by atoms with Gasteiger partial charge in [-0.15, -0.1) is 0 Å². The number of nitrogens with zero attached hydrogens (tertiary/aromatic N) is 1. The summed E-state index contributed by atoms with van der Waals surface area (Å²) in [5.74, 6) is 0.617. The largest absolute Gasteiger partial charge is 0.495 e. The number of rotatable bonds is 2. The van der Waals surface area contributed by atoms with Crippen LogP contribution in [0.3, 0.4) is 0 Å². The van der Waals surface area contributed by atoms with Crippen molar-refractivity contribution in [1.82, 2.24) is 4.98 Å². The minimum absolute atomic E-state index is 0.398. The van der Waals surface area contributed by atoms with E-state index in [1.165, 1.54) is 0 Å². The van der Waals surface area contributed by atoms with E-state index >= 15 is 0 Å². The highest BCUT2D eigenvalue weighted by Crippen LogP contribution is 2.38. The molecule has 0 spiro atoms. The molecule has 4 aromatic rings. The van der Waals surface area contributed by atoms with E-state index in [4.69, 9.17) is 18.7 Å². The molecule has 1 aliphatic heterocycles. The fourth-order valence-electron chi connectivity index (χ4n) is 3.65. The lowest BCUT2D eigenvalue weighted by molar-refractivity contribution is 0.00578. The second-order valence-corrected chi connectivity index (χ2v) is 8.33. The number of aromatic nitrogens is 1. The second-order valence-electron chi connectivity index (χ2n) is 8.33. The molecular weight excluding hydrogens is 349 g/mol. The van der Waals surface area contributed by atoms with Crippen molar-refractivity contribution < 1.29 is 13.7 Å². The zero-order valence-corrected chi connectivity index (χ0v) is 16.5. The molecule has 1 fully saturated rings. The first-order valence-electron chi connectivity index (χ1n) is 9.59. The van der Waals surface area contributed by atoms with Crippen LogP contribution in [0.2, 0.25) is 0 Å². The zero-order chi connectivity index (χ0) is 19.5. The maximum Gasteiger partial charge on any atom is 0.495 e. The molecule has 0 bridgehead atoms. The van der Waals surface area contributed by atoms with E-state index in [0.717, 1.165) is 32.9 Å². The monoisotopic (exact) mass is 371 g/mol. The van der Waals surface area contributed by atoms with Crippen LogP contribution in [0.4, 0.5) is 0 Å². The fourth-order valence-corrected chi connectivity index (χ4v) is 3.65. The molecular formula is C23H22BNO3. The first-order valence-corrected chi connectivity index (χ1v) is 9.59. The topological polar surface area (TPSA) is 44.5 Å². The summed E-state index contributed by atoms with van der Waals surface area (Å²) in [5.41, 5.74) is 2.73. The van der Waals surface area contributed by atoms with Crippen LogP contribution < -0.4 is 5.46 Å². The van der Waals surface area contributed by atoms with Crippen molar-refractivity contribution >= 4 is 34.5 Å². The smallest absolute Gasteiger partial charge is 0.435 e. The second kappa shape index (κ2) is 5.93. The predicted octanol–water partition coefficient (Wildman–Crippen LogP) is 4.95. The van der Waals surface area contributed by atoms with Gasteiger partial charge in [0.2, 0.25) is 5.89 Å². The quantitative estimate of drug-likeness (QED) is 0.468. The lowest BCUT2D eigenvalue weighted by Crippen LogP contribution is -2.41. The Hall–Kier alpha value is -2.63. The highest BCUT2D eigenvalue weighted by molar-refractivity contribution is 6.65. The molecule has 0 aliphatic carbocycles. The Labute approximate surface area is 164 Å². The summed E-state index contributed by atoms with van der Waals surface area (Å²) in [7, 11) is -0.454. The van der Waals surface area contributed by atoms with Crippen molar-refractivity contribution in [2.75, 3.05) is 0 Å². The van der Waals surface area contributed by atoms with E-state index in [9.17, 15) is 0 Å². The Morgan fingerprint density at radius 1 is 0.786 bits per heavy atom. The standard InChI is InChI=1S/C23H22BNO3/c1-22(2)23(3,4)28-24(27-22)17-12-8-11-15-13-14-18-20(19(15)17)26-21(25-18)16-9-6-5-7-10-16/h5-14H,1-4H3. The van der Waals surface area contributed by atoms with Crippen LogP contribution in [-0.2, 0) is 9.31 Å². The number of oxazole rings is 1. The maximum atomic E-state index is 6.31. The fraction of sp³-hybridized carbons (Fsp3) is 0.261. The average Bonchev–Trinajstić information content (AvgIpc) is 3.20. The molecule has 0 amide bonds. The SMILES string of the molecule is CC1(C)OB(c2cccc3ccc4nc(-c5ccccc5)oc4c23)OC1(C)C. The van der Waals surface area contributed by atoms with Gasteiger partial charge in [0.15, 0.2) is 5.58 Å². The number of hydrogen-bond donors (Lipinski definition) is 0. The summed E-state index contributed by atoms with van der Waals surface area (Å²) < 4.78 is 18.9. The van der Waals surface area contributed by atoms with Gasteiger partial charge in [0.1, 0.15) is 5.52 Å². The van der Waals surface area contributed by atoms with Crippen LogP contribution in [0.15, 0.2) is 65.1 Å². The molecule has 5 rings (SSSR count). The van der Waals surface area contributed by atoms with Gasteiger partial charge in [-0.3, -0.25) is 0 Å². The van der Waals surface area contributed by atoms with Gasteiger partial charge in [0, 0.05) is 10.9 Å². The van der Waals surface area contributed by atoms with E-state index in [1.807, 2.05) is 42.5 Å².